The zero-order valence-electron chi connectivity index (χ0n) is 12.3. The molecule has 19 heavy (non-hydrogen) atoms. The van der Waals surface area contributed by atoms with Crippen LogP contribution in [0.15, 0.2) is 18.2 Å². The summed E-state index contributed by atoms with van der Waals surface area (Å²) in [5, 5.41) is 3.54. The lowest BCUT2D eigenvalue weighted by atomic mass is 9.99. The second kappa shape index (κ2) is 5.93. The van der Waals surface area contributed by atoms with Crippen molar-refractivity contribution in [3.63, 3.8) is 0 Å². The topological polar surface area (TPSA) is 47.3 Å². The van der Waals surface area contributed by atoms with Crippen molar-refractivity contribution in [3.8, 4) is 5.75 Å². The highest BCUT2D eigenvalue weighted by molar-refractivity contribution is 5.39. The summed E-state index contributed by atoms with van der Waals surface area (Å²) < 4.78 is 5.41. The van der Waals surface area contributed by atoms with Crippen LogP contribution in [0.25, 0.3) is 0 Å². The minimum Gasteiger partial charge on any atom is -0.496 e. The molecule has 1 fully saturated rings. The summed E-state index contributed by atoms with van der Waals surface area (Å²) in [6, 6.07) is 6.46. The molecule has 1 aromatic carbocycles. The molecule has 0 heterocycles. The number of ether oxygens (including phenoxy) is 1. The van der Waals surface area contributed by atoms with E-state index in [1.165, 1.54) is 24.0 Å². The Morgan fingerprint density at radius 2 is 2.11 bits per heavy atom. The van der Waals surface area contributed by atoms with Crippen LogP contribution in [0.3, 0.4) is 0 Å². The third-order valence-electron chi connectivity index (χ3n) is 4.14. The first-order valence-electron chi connectivity index (χ1n) is 7.18. The van der Waals surface area contributed by atoms with Crippen molar-refractivity contribution >= 4 is 0 Å². The van der Waals surface area contributed by atoms with Gasteiger partial charge in [0.25, 0.3) is 0 Å². The molecule has 0 aliphatic heterocycles. The van der Waals surface area contributed by atoms with Crippen molar-refractivity contribution in [3.05, 3.63) is 29.3 Å². The molecule has 0 atom stereocenters. The molecule has 0 amide bonds. The van der Waals surface area contributed by atoms with Gasteiger partial charge in [-0.15, -0.1) is 0 Å². The maximum Gasteiger partial charge on any atom is 0.122 e. The number of rotatable bonds is 7. The van der Waals surface area contributed by atoms with Crippen LogP contribution in [0.1, 0.15) is 43.7 Å². The molecule has 0 radical (unpaired) electrons. The van der Waals surface area contributed by atoms with E-state index < -0.39 is 0 Å². The largest absolute Gasteiger partial charge is 0.496 e. The molecule has 2 rings (SSSR count). The van der Waals surface area contributed by atoms with Gasteiger partial charge in [-0.25, -0.2) is 0 Å². The molecule has 0 spiro atoms. The van der Waals surface area contributed by atoms with E-state index >= 15 is 0 Å². The normalized spacial score (nSPS) is 16.7. The number of nitrogens with two attached hydrogens (primary N) is 1. The molecular weight excluding hydrogens is 236 g/mol. The minimum atomic E-state index is 0.396. The van der Waals surface area contributed by atoms with Crippen molar-refractivity contribution in [2.24, 2.45) is 11.1 Å². The second-order valence-electron chi connectivity index (χ2n) is 6.04. The van der Waals surface area contributed by atoms with Gasteiger partial charge in [0.1, 0.15) is 5.75 Å². The van der Waals surface area contributed by atoms with Gasteiger partial charge in [-0.3, -0.25) is 0 Å². The summed E-state index contributed by atoms with van der Waals surface area (Å²) in [6.07, 6.45) is 2.55. The van der Waals surface area contributed by atoms with E-state index in [0.717, 1.165) is 25.4 Å². The van der Waals surface area contributed by atoms with Crippen LogP contribution >= 0.6 is 0 Å². The quantitative estimate of drug-likeness (QED) is 0.794. The summed E-state index contributed by atoms with van der Waals surface area (Å²) in [5.74, 6) is 1.47. The van der Waals surface area contributed by atoms with Gasteiger partial charge in [0.2, 0.25) is 0 Å². The van der Waals surface area contributed by atoms with Gasteiger partial charge >= 0.3 is 0 Å². The SMILES string of the molecule is COc1ccc(CNCC2(CN)CC2)cc1C(C)C. The predicted octanol–water partition coefficient (Wildman–Crippen LogP) is 2.65. The maximum absolute atomic E-state index is 5.79. The van der Waals surface area contributed by atoms with Crippen LogP contribution in [0.4, 0.5) is 0 Å². The van der Waals surface area contributed by atoms with Gasteiger partial charge in [0, 0.05) is 13.1 Å². The van der Waals surface area contributed by atoms with Crippen molar-refractivity contribution < 1.29 is 4.74 Å². The highest BCUT2D eigenvalue weighted by atomic mass is 16.5. The molecule has 1 aliphatic rings. The van der Waals surface area contributed by atoms with E-state index in [-0.39, 0.29) is 0 Å². The van der Waals surface area contributed by atoms with Gasteiger partial charge in [0.15, 0.2) is 0 Å². The molecule has 1 aromatic rings. The van der Waals surface area contributed by atoms with Gasteiger partial charge in [-0.05, 0) is 47.9 Å². The highest BCUT2D eigenvalue weighted by Crippen LogP contribution is 2.43. The first-order valence-corrected chi connectivity index (χ1v) is 7.18. The molecule has 1 saturated carbocycles. The van der Waals surface area contributed by atoms with Crippen molar-refractivity contribution in [1.29, 1.82) is 0 Å². The first kappa shape index (κ1) is 14.4. The third-order valence-corrected chi connectivity index (χ3v) is 4.14. The fourth-order valence-corrected chi connectivity index (χ4v) is 2.45. The molecule has 0 bridgehead atoms. The number of nitrogens with one attached hydrogen (secondary N) is 1. The Labute approximate surface area is 116 Å². The molecule has 0 unspecified atom stereocenters. The number of hydrogen-bond acceptors (Lipinski definition) is 3. The van der Waals surface area contributed by atoms with Crippen molar-refractivity contribution in [2.75, 3.05) is 20.2 Å². The summed E-state index contributed by atoms with van der Waals surface area (Å²) in [5.41, 5.74) is 8.79. The average Bonchev–Trinajstić information content (AvgIpc) is 3.19. The summed E-state index contributed by atoms with van der Waals surface area (Å²) in [4.78, 5) is 0. The molecule has 3 N–H and O–H groups in total. The lowest BCUT2D eigenvalue weighted by Crippen LogP contribution is -2.29. The molecule has 3 nitrogen and oxygen atoms in total. The molecule has 1 aliphatic carbocycles. The van der Waals surface area contributed by atoms with E-state index in [9.17, 15) is 0 Å². The summed E-state index contributed by atoms with van der Waals surface area (Å²) in [7, 11) is 1.73. The zero-order chi connectivity index (χ0) is 13.9. The summed E-state index contributed by atoms with van der Waals surface area (Å²) >= 11 is 0. The van der Waals surface area contributed by atoms with Crippen molar-refractivity contribution in [2.45, 2.75) is 39.2 Å². The van der Waals surface area contributed by atoms with E-state index in [1.807, 2.05) is 0 Å². The Bertz CT molecular complexity index is 425. The lowest BCUT2D eigenvalue weighted by Gasteiger charge is -2.16. The molecule has 0 aromatic heterocycles. The van der Waals surface area contributed by atoms with Crippen LogP contribution in [-0.4, -0.2) is 20.2 Å². The van der Waals surface area contributed by atoms with Gasteiger partial charge in [0.05, 0.1) is 7.11 Å². The fraction of sp³-hybridized carbons (Fsp3) is 0.625. The zero-order valence-corrected chi connectivity index (χ0v) is 12.3. The van der Waals surface area contributed by atoms with Crippen LogP contribution in [0.5, 0.6) is 5.75 Å². The van der Waals surface area contributed by atoms with Gasteiger partial charge in [-0.1, -0.05) is 26.0 Å². The van der Waals surface area contributed by atoms with Crippen LogP contribution in [-0.2, 0) is 6.54 Å². The Kier molecular flexibility index (Phi) is 4.48. The number of benzene rings is 1. The minimum absolute atomic E-state index is 0.396. The molecule has 0 saturated heterocycles. The fourth-order valence-electron chi connectivity index (χ4n) is 2.45. The maximum atomic E-state index is 5.79. The van der Waals surface area contributed by atoms with Gasteiger partial charge in [-0.2, -0.15) is 0 Å². The van der Waals surface area contributed by atoms with E-state index in [4.69, 9.17) is 10.5 Å². The average molecular weight is 262 g/mol. The van der Waals surface area contributed by atoms with E-state index in [2.05, 4.69) is 37.4 Å². The van der Waals surface area contributed by atoms with Crippen LogP contribution in [0, 0.1) is 5.41 Å². The van der Waals surface area contributed by atoms with E-state index in [1.54, 1.807) is 7.11 Å². The standard InChI is InChI=1S/C16H26N2O/c1-12(2)14-8-13(4-5-15(14)19-3)9-18-11-16(10-17)6-7-16/h4-5,8,12,18H,6-7,9-11,17H2,1-3H3. The van der Waals surface area contributed by atoms with Crippen LogP contribution in [0.2, 0.25) is 0 Å². The molecular formula is C16H26N2O. The Hall–Kier alpha value is -1.06. The molecule has 106 valence electrons. The van der Waals surface area contributed by atoms with Gasteiger partial charge < -0.3 is 15.8 Å². The third kappa shape index (κ3) is 3.48. The first-order chi connectivity index (χ1) is 9.10. The smallest absolute Gasteiger partial charge is 0.122 e. The Balaban J connectivity index is 1.95. The number of methoxy groups -OCH3 is 1. The number of hydrogen-bond donors (Lipinski definition) is 2. The molecule has 3 heteroatoms. The van der Waals surface area contributed by atoms with E-state index in [0.29, 0.717) is 11.3 Å². The Morgan fingerprint density at radius 1 is 1.37 bits per heavy atom. The highest BCUT2D eigenvalue weighted by Gasteiger charge is 2.40. The monoisotopic (exact) mass is 262 g/mol. The lowest BCUT2D eigenvalue weighted by molar-refractivity contribution is 0.407. The van der Waals surface area contributed by atoms with Crippen LogP contribution < -0.4 is 15.8 Å². The second-order valence-corrected chi connectivity index (χ2v) is 6.04. The predicted molar refractivity (Wildman–Crippen MR) is 79.5 cm³/mol. The van der Waals surface area contributed by atoms with Crippen molar-refractivity contribution in [1.82, 2.24) is 5.32 Å². The Morgan fingerprint density at radius 3 is 2.63 bits per heavy atom. The summed E-state index contributed by atoms with van der Waals surface area (Å²) in [6.45, 7) is 7.14.